The Kier molecular flexibility index (Phi) is 3.69. The summed E-state index contributed by atoms with van der Waals surface area (Å²) in [6.45, 7) is 4.15. The molecule has 0 spiro atoms. The van der Waals surface area contributed by atoms with Crippen molar-refractivity contribution in [3.63, 3.8) is 0 Å². The summed E-state index contributed by atoms with van der Waals surface area (Å²) < 4.78 is 0.852. The lowest BCUT2D eigenvalue weighted by Gasteiger charge is -2.11. The maximum absolute atomic E-state index is 5.85. The molecule has 2 aromatic rings. The number of nitrogens with zero attached hydrogens (tertiary/aromatic N) is 1. The Morgan fingerprint density at radius 3 is 2.65 bits per heavy atom. The zero-order valence-corrected chi connectivity index (χ0v) is 11.9. The molecule has 1 aromatic carbocycles. The number of aromatic nitrogens is 1. The molecule has 1 N–H and O–H groups in total. The molecular formula is C13H12BrClN2. The van der Waals surface area contributed by atoms with Crippen molar-refractivity contribution in [2.45, 2.75) is 13.8 Å². The van der Waals surface area contributed by atoms with Crippen LogP contribution < -0.4 is 5.32 Å². The molecule has 0 amide bonds. The smallest absolute Gasteiger partial charge is 0.144 e. The van der Waals surface area contributed by atoms with Gasteiger partial charge in [-0.15, -0.1) is 0 Å². The van der Waals surface area contributed by atoms with Crippen LogP contribution in [0.3, 0.4) is 0 Å². The van der Waals surface area contributed by atoms with Gasteiger partial charge < -0.3 is 5.32 Å². The van der Waals surface area contributed by atoms with Gasteiger partial charge in [0.05, 0.1) is 9.50 Å². The number of rotatable bonds is 2. The fraction of sp³-hybridized carbons (Fsp3) is 0.154. The van der Waals surface area contributed by atoms with Gasteiger partial charge >= 0.3 is 0 Å². The zero-order chi connectivity index (χ0) is 12.4. The Bertz CT molecular complexity index is 506. The molecule has 0 aliphatic rings. The fourth-order valence-electron chi connectivity index (χ4n) is 1.59. The lowest BCUT2D eigenvalue weighted by molar-refractivity contribution is 1.27. The summed E-state index contributed by atoms with van der Waals surface area (Å²) in [4.78, 5) is 4.25. The molecule has 1 aromatic heterocycles. The summed E-state index contributed by atoms with van der Waals surface area (Å²) in [5, 5.41) is 3.89. The van der Waals surface area contributed by atoms with E-state index in [0.29, 0.717) is 5.02 Å². The molecule has 0 saturated heterocycles. The van der Waals surface area contributed by atoms with E-state index >= 15 is 0 Å². The molecule has 0 bridgehead atoms. The first-order valence-electron chi connectivity index (χ1n) is 5.21. The lowest BCUT2D eigenvalue weighted by atomic mass is 10.1. The van der Waals surface area contributed by atoms with Crippen molar-refractivity contribution in [1.29, 1.82) is 0 Å². The maximum Gasteiger partial charge on any atom is 0.144 e. The number of nitrogens with one attached hydrogen (secondary N) is 1. The second kappa shape index (κ2) is 5.07. The number of benzene rings is 1. The second-order valence-electron chi connectivity index (χ2n) is 3.93. The van der Waals surface area contributed by atoms with Crippen LogP contribution in [0.5, 0.6) is 0 Å². The lowest BCUT2D eigenvalue weighted by Crippen LogP contribution is -1.96. The van der Waals surface area contributed by atoms with Crippen molar-refractivity contribution in [2.24, 2.45) is 0 Å². The molecule has 0 aliphatic heterocycles. The fourth-order valence-corrected chi connectivity index (χ4v) is 2.33. The van der Waals surface area contributed by atoms with E-state index in [1.165, 1.54) is 11.1 Å². The Morgan fingerprint density at radius 2 is 2.00 bits per heavy atom. The normalized spacial score (nSPS) is 10.4. The molecule has 1 heterocycles. The zero-order valence-electron chi connectivity index (χ0n) is 9.59. The molecule has 0 radical (unpaired) electrons. The minimum atomic E-state index is 0.614. The first kappa shape index (κ1) is 12.4. The number of halogens is 2. The molecule has 4 heteroatoms. The minimum Gasteiger partial charge on any atom is -0.339 e. The highest BCUT2D eigenvalue weighted by Crippen LogP contribution is 2.27. The highest BCUT2D eigenvalue weighted by molar-refractivity contribution is 9.10. The van der Waals surface area contributed by atoms with Gasteiger partial charge in [0.1, 0.15) is 5.82 Å². The average molecular weight is 312 g/mol. The number of hydrogen-bond acceptors (Lipinski definition) is 2. The van der Waals surface area contributed by atoms with Gasteiger partial charge in [0.2, 0.25) is 0 Å². The highest BCUT2D eigenvalue weighted by Gasteiger charge is 2.04. The second-order valence-corrected chi connectivity index (χ2v) is 5.22. The van der Waals surface area contributed by atoms with Gasteiger partial charge in [-0.1, -0.05) is 29.3 Å². The van der Waals surface area contributed by atoms with Gasteiger partial charge in [0.15, 0.2) is 0 Å². The van der Waals surface area contributed by atoms with E-state index in [4.69, 9.17) is 11.6 Å². The van der Waals surface area contributed by atoms with Gasteiger partial charge in [-0.05, 0) is 47.5 Å². The van der Waals surface area contributed by atoms with E-state index in [1.807, 2.05) is 12.1 Å². The summed E-state index contributed by atoms with van der Waals surface area (Å²) in [6, 6.07) is 8.07. The molecule has 17 heavy (non-hydrogen) atoms. The van der Waals surface area contributed by atoms with Crippen LogP contribution in [-0.2, 0) is 0 Å². The molecule has 0 unspecified atom stereocenters. The summed E-state index contributed by atoms with van der Waals surface area (Å²) in [5.41, 5.74) is 3.48. The molecule has 0 saturated carbocycles. The van der Waals surface area contributed by atoms with Crippen LogP contribution in [0, 0.1) is 13.8 Å². The van der Waals surface area contributed by atoms with Crippen molar-refractivity contribution in [1.82, 2.24) is 4.98 Å². The molecule has 2 rings (SSSR count). The SMILES string of the molecule is Cc1ccc(Nc2ncc(Cl)cc2Br)c(C)c1. The summed E-state index contributed by atoms with van der Waals surface area (Å²) in [7, 11) is 0. The van der Waals surface area contributed by atoms with Crippen molar-refractivity contribution in [3.8, 4) is 0 Å². The standard InChI is InChI=1S/C13H12BrClN2/c1-8-3-4-12(9(2)5-8)17-13-11(14)6-10(15)7-16-13/h3-7H,1-2H3,(H,16,17). The Balaban J connectivity index is 2.31. The first-order valence-corrected chi connectivity index (χ1v) is 6.38. The molecule has 2 nitrogen and oxygen atoms in total. The van der Waals surface area contributed by atoms with E-state index in [-0.39, 0.29) is 0 Å². The van der Waals surface area contributed by atoms with Crippen LogP contribution in [0.25, 0.3) is 0 Å². The Hall–Kier alpha value is -1.06. The van der Waals surface area contributed by atoms with E-state index in [1.54, 1.807) is 6.20 Å². The minimum absolute atomic E-state index is 0.614. The molecule has 0 aliphatic carbocycles. The molecule has 88 valence electrons. The van der Waals surface area contributed by atoms with Crippen LogP contribution in [0.15, 0.2) is 34.9 Å². The monoisotopic (exact) mass is 310 g/mol. The topological polar surface area (TPSA) is 24.9 Å². The average Bonchev–Trinajstić information content (AvgIpc) is 2.25. The third kappa shape index (κ3) is 2.99. The third-order valence-electron chi connectivity index (χ3n) is 2.44. The van der Waals surface area contributed by atoms with Gasteiger partial charge in [0.25, 0.3) is 0 Å². The summed E-state index contributed by atoms with van der Waals surface area (Å²) >= 11 is 9.29. The van der Waals surface area contributed by atoms with E-state index in [0.717, 1.165) is 16.0 Å². The van der Waals surface area contributed by atoms with Crippen LogP contribution >= 0.6 is 27.5 Å². The van der Waals surface area contributed by atoms with Crippen molar-refractivity contribution in [2.75, 3.05) is 5.32 Å². The van der Waals surface area contributed by atoms with E-state index in [2.05, 4.69) is 52.2 Å². The van der Waals surface area contributed by atoms with Gasteiger partial charge in [0, 0.05) is 11.9 Å². The van der Waals surface area contributed by atoms with Gasteiger partial charge in [-0.2, -0.15) is 0 Å². The predicted molar refractivity (Wildman–Crippen MR) is 76.1 cm³/mol. The quantitative estimate of drug-likeness (QED) is 0.857. The Morgan fingerprint density at radius 1 is 1.24 bits per heavy atom. The van der Waals surface area contributed by atoms with Crippen molar-refractivity contribution in [3.05, 3.63) is 51.1 Å². The number of anilines is 2. The van der Waals surface area contributed by atoms with Crippen LogP contribution in [0.2, 0.25) is 5.02 Å². The van der Waals surface area contributed by atoms with Crippen molar-refractivity contribution < 1.29 is 0 Å². The van der Waals surface area contributed by atoms with E-state index < -0.39 is 0 Å². The van der Waals surface area contributed by atoms with Crippen LogP contribution in [0.1, 0.15) is 11.1 Å². The predicted octanol–water partition coefficient (Wildman–Crippen LogP) is 4.86. The third-order valence-corrected chi connectivity index (χ3v) is 3.25. The van der Waals surface area contributed by atoms with Crippen LogP contribution in [0.4, 0.5) is 11.5 Å². The maximum atomic E-state index is 5.85. The first-order chi connectivity index (χ1) is 8.06. The number of pyridine rings is 1. The molecular weight excluding hydrogens is 300 g/mol. The van der Waals surface area contributed by atoms with Crippen molar-refractivity contribution >= 4 is 39.0 Å². The number of aryl methyl sites for hydroxylation is 2. The van der Waals surface area contributed by atoms with Gasteiger partial charge in [-0.25, -0.2) is 4.98 Å². The summed E-state index contributed by atoms with van der Waals surface area (Å²) in [6.07, 6.45) is 1.62. The Labute approximate surface area is 114 Å². The molecule has 0 fully saturated rings. The largest absolute Gasteiger partial charge is 0.339 e. The van der Waals surface area contributed by atoms with E-state index in [9.17, 15) is 0 Å². The molecule has 0 atom stereocenters. The van der Waals surface area contributed by atoms with Gasteiger partial charge in [-0.3, -0.25) is 0 Å². The highest BCUT2D eigenvalue weighted by atomic mass is 79.9. The van der Waals surface area contributed by atoms with Crippen LogP contribution in [-0.4, -0.2) is 4.98 Å². The summed E-state index contributed by atoms with van der Waals surface area (Å²) in [5.74, 6) is 0.765. The number of hydrogen-bond donors (Lipinski definition) is 1.